The van der Waals surface area contributed by atoms with E-state index in [1.807, 2.05) is 0 Å². The maximum atomic E-state index is 2.67. The molecule has 0 spiro atoms. The Balaban J connectivity index is 2.03. The Kier molecular flexibility index (Phi) is 2.28. The molecular formula is C14H19N. The van der Waals surface area contributed by atoms with E-state index < -0.39 is 0 Å². The average molecular weight is 201 g/mol. The van der Waals surface area contributed by atoms with Gasteiger partial charge >= 0.3 is 0 Å². The third-order valence-electron chi connectivity index (χ3n) is 4.18. The van der Waals surface area contributed by atoms with E-state index in [4.69, 9.17) is 0 Å². The van der Waals surface area contributed by atoms with Gasteiger partial charge in [0.25, 0.3) is 0 Å². The maximum absolute atomic E-state index is 2.67. The predicted molar refractivity (Wildman–Crippen MR) is 62.9 cm³/mol. The summed E-state index contributed by atoms with van der Waals surface area (Å²) in [5, 5.41) is 0. The highest BCUT2D eigenvalue weighted by molar-refractivity contribution is 5.34. The second kappa shape index (κ2) is 3.64. The fraction of sp³-hybridized carbons (Fsp3) is 0.571. The SMILES string of the molecule is CCN1Cc2ccccc2[C@H]2CCC[C@H]21. The summed E-state index contributed by atoms with van der Waals surface area (Å²) < 4.78 is 0. The Hall–Kier alpha value is -0.820. The van der Waals surface area contributed by atoms with E-state index >= 15 is 0 Å². The first-order chi connectivity index (χ1) is 7.40. The zero-order chi connectivity index (χ0) is 10.3. The van der Waals surface area contributed by atoms with Gasteiger partial charge in [0.1, 0.15) is 0 Å². The minimum Gasteiger partial charge on any atom is -0.296 e. The van der Waals surface area contributed by atoms with Gasteiger partial charge in [-0.25, -0.2) is 0 Å². The van der Waals surface area contributed by atoms with Crippen molar-refractivity contribution < 1.29 is 0 Å². The lowest BCUT2D eigenvalue weighted by Gasteiger charge is -2.38. The molecule has 0 radical (unpaired) electrons. The monoisotopic (exact) mass is 201 g/mol. The molecule has 1 aromatic rings. The zero-order valence-electron chi connectivity index (χ0n) is 9.45. The Morgan fingerprint density at radius 2 is 2.13 bits per heavy atom. The number of nitrogens with zero attached hydrogens (tertiary/aromatic N) is 1. The van der Waals surface area contributed by atoms with Crippen molar-refractivity contribution in [3.05, 3.63) is 35.4 Å². The van der Waals surface area contributed by atoms with E-state index in [-0.39, 0.29) is 0 Å². The van der Waals surface area contributed by atoms with Gasteiger partial charge in [-0.05, 0) is 36.4 Å². The van der Waals surface area contributed by atoms with Crippen molar-refractivity contribution in [3.8, 4) is 0 Å². The lowest BCUT2D eigenvalue weighted by molar-refractivity contribution is 0.169. The Bertz CT molecular complexity index is 358. The van der Waals surface area contributed by atoms with Gasteiger partial charge in [0.15, 0.2) is 0 Å². The first-order valence-electron chi connectivity index (χ1n) is 6.22. The first kappa shape index (κ1) is 9.41. The minimum atomic E-state index is 0.829. The van der Waals surface area contributed by atoms with Crippen LogP contribution >= 0.6 is 0 Å². The molecule has 80 valence electrons. The van der Waals surface area contributed by atoms with E-state index in [2.05, 4.69) is 36.1 Å². The summed E-state index contributed by atoms with van der Waals surface area (Å²) >= 11 is 0. The topological polar surface area (TPSA) is 3.24 Å². The van der Waals surface area contributed by atoms with Crippen molar-refractivity contribution in [1.82, 2.24) is 4.90 Å². The van der Waals surface area contributed by atoms with Crippen LogP contribution in [0.1, 0.15) is 43.2 Å². The van der Waals surface area contributed by atoms with E-state index in [0.29, 0.717) is 0 Å². The molecule has 1 aliphatic heterocycles. The second-order valence-corrected chi connectivity index (χ2v) is 4.87. The van der Waals surface area contributed by atoms with Gasteiger partial charge in [0.2, 0.25) is 0 Å². The van der Waals surface area contributed by atoms with Gasteiger partial charge < -0.3 is 0 Å². The Morgan fingerprint density at radius 3 is 3.00 bits per heavy atom. The standard InChI is InChI=1S/C14H19N/c1-2-15-10-11-6-3-4-7-12(11)13-8-5-9-14(13)15/h3-4,6-7,13-14H,2,5,8-10H2,1H3/t13-,14-/m1/s1. The average Bonchev–Trinajstić information content (AvgIpc) is 2.77. The highest BCUT2D eigenvalue weighted by Gasteiger charge is 2.36. The van der Waals surface area contributed by atoms with Crippen molar-refractivity contribution in [2.24, 2.45) is 0 Å². The molecule has 2 aliphatic rings. The molecule has 1 nitrogen and oxygen atoms in total. The normalized spacial score (nSPS) is 29.9. The van der Waals surface area contributed by atoms with Gasteiger partial charge in [-0.1, -0.05) is 37.6 Å². The quantitative estimate of drug-likeness (QED) is 0.674. The van der Waals surface area contributed by atoms with Crippen molar-refractivity contribution in [2.75, 3.05) is 6.54 Å². The fourth-order valence-corrected chi connectivity index (χ4v) is 3.46. The largest absolute Gasteiger partial charge is 0.296 e. The summed E-state index contributed by atoms with van der Waals surface area (Å²) in [6, 6.07) is 9.89. The molecule has 1 heterocycles. The van der Waals surface area contributed by atoms with Crippen molar-refractivity contribution in [3.63, 3.8) is 0 Å². The highest BCUT2D eigenvalue weighted by Crippen LogP contribution is 2.43. The molecule has 0 unspecified atom stereocenters. The number of benzene rings is 1. The number of rotatable bonds is 1. The molecule has 1 heteroatoms. The number of hydrogen-bond acceptors (Lipinski definition) is 1. The molecule has 2 atom stereocenters. The van der Waals surface area contributed by atoms with Crippen LogP contribution in [0.5, 0.6) is 0 Å². The molecule has 0 bridgehead atoms. The van der Waals surface area contributed by atoms with E-state index in [0.717, 1.165) is 12.0 Å². The van der Waals surface area contributed by atoms with Gasteiger partial charge in [0, 0.05) is 12.6 Å². The minimum absolute atomic E-state index is 0.829. The van der Waals surface area contributed by atoms with Gasteiger partial charge in [-0.2, -0.15) is 0 Å². The lowest BCUT2D eigenvalue weighted by Crippen LogP contribution is -2.40. The third kappa shape index (κ3) is 1.41. The van der Waals surface area contributed by atoms with Crippen LogP contribution in [-0.2, 0) is 6.54 Å². The van der Waals surface area contributed by atoms with Crippen LogP contribution in [-0.4, -0.2) is 17.5 Å². The van der Waals surface area contributed by atoms with Gasteiger partial charge in [-0.3, -0.25) is 4.90 Å². The molecule has 1 aliphatic carbocycles. The fourth-order valence-electron chi connectivity index (χ4n) is 3.46. The van der Waals surface area contributed by atoms with Crippen LogP contribution in [0.15, 0.2) is 24.3 Å². The van der Waals surface area contributed by atoms with Crippen molar-refractivity contribution in [2.45, 2.75) is 44.7 Å². The molecule has 0 N–H and O–H groups in total. The van der Waals surface area contributed by atoms with Gasteiger partial charge in [-0.15, -0.1) is 0 Å². The molecule has 3 rings (SSSR count). The van der Waals surface area contributed by atoms with E-state index in [1.54, 1.807) is 11.1 Å². The van der Waals surface area contributed by atoms with Crippen LogP contribution in [0.3, 0.4) is 0 Å². The summed E-state index contributed by atoms with van der Waals surface area (Å²) in [6.07, 6.45) is 4.23. The summed E-state index contributed by atoms with van der Waals surface area (Å²) in [6.45, 7) is 4.67. The van der Waals surface area contributed by atoms with E-state index in [9.17, 15) is 0 Å². The third-order valence-corrected chi connectivity index (χ3v) is 4.18. The summed E-state index contributed by atoms with van der Waals surface area (Å²) in [5.41, 5.74) is 3.22. The number of likely N-dealkylation sites (N-methyl/N-ethyl adjacent to an activating group) is 1. The van der Waals surface area contributed by atoms with Crippen molar-refractivity contribution >= 4 is 0 Å². The number of fused-ring (bicyclic) bond motifs is 3. The molecule has 1 saturated carbocycles. The molecule has 15 heavy (non-hydrogen) atoms. The van der Waals surface area contributed by atoms with Crippen LogP contribution < -0.4 is 0 Å². The Morgan fingerprint density at radius 1 is 1.27 bits per heavy atom. The molecule has 1 fully saturated rings. The van der Waals surface area contributed by atoms with Gasteiger partial charge in [0.05, 0.1) is 0 Å². The molecule has 0 amide bonds. The van der Waals surface area contributed by atoms with Crippen LogP contribution in [0, 0.1) is 0 Å². The lowest BCUT2D eigenvalue weighted by atomic mass is 9.85. The smallest absolute Gasteiger partial charge is 0.0239 e. The molecule has 0 saturated heterocycles. The second-order valence-electron chi connectivity index (χ2n) is 4.87. The molecule has 1 aromatic carbocycles. The predicted octanol–water partition coefficient (Wildman–Crippen LogP) is 3.16. The summed E-state index contributed by atoms with van der Waals surface area (Å²) in [7, 11) is 0. The first-order valence-corrected chi connectivity index (χ1v) is 6.22. The van der Waals surface area contributed by atoms with Crippen LogP contribution in [0.4, 0.5) is 0 Å². The highest BCUT2D eigenvalue weighted by atomic mass is 15.2. The summed E-state index contributed by atoms with van der Waals surface area (Å²) in [5.74, 6) is 0.829. The molecular weight excluding hydrogens is 182 g/mol. The summed E-state index contributed by atoms with van der Waals surface area (Å²) in [4.78, 5) is 2.67. The number of hydrogen-bond donors (Lipinski definition) is 0. The van der Waals surface area contributed by atoms with Crippen LogP contribution in [0.2, 0.25) is 0 Å². The van der Waals surface area contributed by atoms with Crippen LogP contribution in [0.25, 0.3) is 0 Å². The molecule has 0 aromatic heterocycles. The Labute approximate surface area is 92.1 Å². The van der Waals surface area contributed by atoms with E-state index in [1.165, 1.54) is 32.4 Å². The maximum Gasteiger partial charge on any atom is 0.0239 e. The van der Waals surface area contributed by atoms with Crippen molar-refractivity contribution in [1.29, 1.82) is 0 Å². The zero-order valence-corrected chi connectivity index (χ0v) is 9.45.